The van der Waals surface area contributed by atoms with Crippen molar-refractivity contribution in [2.24, 2.45) is 0 Å². The van der Waals surface area contributed by atoms with Crippen LogP contribution in [0, 0.1) is 0 Å². The Hall–Kier alpha value is -1.26. The van der Waals surface area contributed by atoms with Crippen molar-refractivity contribution < 1.29 is 16.8 Å². The quantitative estimate of drug-likeness (QED) is 0.847. The van der Waals surface area contributed by atoms with E-state index in [-0.39, 0.29) is 23.0 Å². The Bertz CT molecular complexity index is 987. The predicted octanol–water partition coefficient (Wildman–Crippen LogP) is 1.20. The largest absolute Gasteiger partial charge is 0.263 e. The summed E-state index contributed by atoms with van der Waals surface area (Å²) in [7, 11) is -7.17. The van der Waals surface area contributed by atoms with E-state index in [0.29, 0.717) is 17.2 Å². The number of pyridine rings is 1. The van der Waals surface area contributed by atoms with E-state index in [1.165, 1.54) is 16.6 Å². The molecule has 1 aliphatic heterocycles. The summed E-state index contributed by atoms with van der Waals surface area (Å²) in [5, 5.41) is 1.32. The molecule has 2 aromatic rings. The molecule has 3 rings (SSSR count). The van der Waals surface area contributed by atoms with Crippen LogP contribution in [-0.2, 0) is 20.0 Å². The van der Waals surface area contributed by atoms with Crippen molar-refractivity contribution in [2.45, 2.75) is 17.4 Å². The number of rotatable bonds is 4. The summed E-state index contributed by atoms with van der Waals surface area (Å²) in [5.74, 6) is 0. The molecule has 1 aromatic heterocycles. The van der Waals surface area contributed by atoms with E-state index in [9.17, 15) is 16.8 Å². The van der Waals surface area contributed by atoms with Gasteiger partial charge in [-0.3, -0.25) is 4.98 Å². The third kappa shape index (κ3) is 3.40. The van der Waals surface area contributed by atoms with Gasteiger partial charge in [0.05, 0.1) is 16.2 Å². The number of aromatic nitrogens is 1. The second-order valence-corrected chi connectivity index (χ2v) is 9.81. The number of sulfonamides is 2. The van der Waals surface area contributed by atoms with Crippen molar-refractivity contribution in [3.8, 4) is 0 Å². The van der Waals surface area contributed by atoms with Crippen molar-refractivity contribution in [1.29, 1.82) is 0 Å². The maximum absolute atomic E-state index is 13.0. The van der Waals surface area contributed by atoms with Gasteiger partial charge >= 0.3 is 0 Å². The fourth-order valence-electron chi connectivity index (χ4n) is 2.86. The summed E-state index contributed by atoms with van der Waals surface area (Å²) < 4.78 is 52.4. The monoisotopic (exact) mass is 389 g/mol. The third-order valence-corrected chi connectivity index (χ3v) is 6.80. The highest BCUT2D eigenvalue weighted by atomic mass is 35.5. The predicted molar refractivity (Wildman–Crippen MR) is 91.9 cm³/mol. The lowest BCUT2D eigenvalue weighted by atomic mass is 10.2. The maximum Gasteiger partial charge on any atom is 0.243 e. The minimum Gasteiger partial charge on any atom is -0.263 e. The van der Waals surface area contributed by atoms with Crippen LogP contribution in [0.1, 0.15) is 6.42 Å². The fourth-order valence-corrected chi connectivity index (χ4v) is 5.72. The van der Waals surface area contributed by atoms with E-state index in [1.807, 2.05) is 0 Å². The first-order valence-corrected chi connectivity index (χ1v) is 10.9. The highest BCUT2D eigenvalue weighted by Gasteiger charge is 2.34. The average Bonchev–Trinajstić information content (AvgIpc) is 2.94. The van der Waals surface area contributed by atoms with Gasteiger partial charge in [0.25, 0.3) is 0 Å². The molecule has 1 atom stereocenters. The van der Waals surface area contributed by atoms with Crippen LogP contribution in [0.25, 0.3) is 10.8 Å². The average molecular weight is 390 g/mol. The van der Waals surface area contributed by atoms with Gasteiger partial charge in [-0.15, -0.1) is 0 Å². The lowest BCUT2D eigenvalue weighted by Crippen LogP contribution is -2.37. The Labute approximate surface area is 145 Å². The lowest BCUT2D eigenvalue weighted by Gasteiger charge is -2.18. The molecule has 0 aliphatic carbocycles. The van der Waals surface area contributed by atoms with Crippen LogP contribution in [0.15, 0.2) is 35.5 Å². The normalized spacial score (nSPS) is 19.8. The van der Waals surface area contributed by atoms with Crippen molar-refractivity contribution in [3.63, 3.8) is 0 Å². The zero-order chi connectivity index (χ0) is 17.5. The van der Waals surface area contributed by atoms with Gasteiger partial charge in [-0.05, 0) is 12.5 Å². The highest BCUT2D eigenvalue weighted by Crippen LogP contribution is 2.32. The van der Waals surface area contributed by atoms with E-state index in [2.05, 4.69) is 9.71 Å². The summed E-state index contributed by atoms with van der Waals surface area (Å²) in [6.07, 6.45) is 4.44. The number of hydrogen-bond acceptors (Lipinski definition) is 5. The van der Waals surface area contributed by atoms with Crippen LogP contribution < -0.4 is 4.72 Å². The molecule has 1 aromatic carbocycles. The van der Waals surface area contributed by atoms with Crippen LogP contribution >= 0.6 is 11.6 Å². The molecule has 7 nitrogen and oxygen atoms in total. The second-order valence-electron chi connectivity index (χ2n) is 5.71. The van der Waals surface area contributed by atoms with Crippen molar-refractivity contribution in [1.82, 2.24) is 14.0 Å². The van der Waals surface area contributed by atoms with E-state index in [4.69, 9.17) is 11.6 Å². The Morgan fingerprint density at radius 2 is 2.00 bits per heavy atom. The molecule has 0 radical (unpaired) electrons. The molecular weight excluding hydrogens is 374 g/mol. The Morgan fingerprint density at radius 3 is 2.71 bits per heavy atom. The van der Waals surface area contributed by atoms with E-state index >= 15 is 0 Å². The standard InChI is InChI=1S/C14H16ClN3O4S2/c1-23(19,20)17-11-5-6-18(9-11)24(21,22)13-4-2-3-10-7-16-8-12(15)14(10)13/h2-4,7-8,11,17H,5-6,9H2,1H3/t11-/m1/s1. The van der Waals surface area contributed by atoms with Crippen LogP contribution in [0.3, 0.4) is 0 Å². The molecule has 0 bridgehead atoms. The Morgan fingerprint density at radius 1 is 1.25 bits per heavy atom. The van der Waals surface area contributed by atoms with Crippen molar-refractivity contribution >= 4 is 42.4 Å². The van der Waals surface area contributed by atoms with Gasteiger partial charge in [0.2, 0.25) is 20.0 Å². The number of benzene rings is 1. The third-order valence-electron chi connectivity index (χ3n) is 3.85. The Kier molecular flexibility index (Phi) is 4.56. The van der Waals surface area contributed by atoms with Gasteiger partial charge in [0.15, 0.2) is 0 Å². The van der Waals surface area contributed by atoms with Crippen molar-refractivity contribution in [3.05, 3.63) is 35.6 Å². The molecular formula is C14H16ClN3O4S2. The van der Waals surface area contributed by atoms with Gasteiger partial charge in [0.1, 0.15) is 0 Å². The van der Waals surface area contributed by atoms with Crippen LogP contribution in [0.4, 0.5) is 0 Å². The molecule has 0 saturated carbocycles. The van der Waals surface area contributed by atoms with E-state index < -0.39 is 26.1 Å². The summed E-state index contributed by atoms with van der Waals surface area (Å²) in [6, 6.07) is 4.45. The van der Waals surface area contributed by atoms with E-state index in [0.717, 1.165) is 6.26 Å². The highest BCUT2D eigenvalue weighted by molar-refractivity contribution is 7.89. The van der Waals surface area contributed by atoms with Gasteiger partial charge in [-0.1, -0.05) is 23.7 Å². The number of hydrogen-bond donors (Lipinski definition) is 1. The molecule has 0 spiro atoms. The van der Waals surface area contributed by atoms with Gasteiger partial charge in [0, 0.05) is 42.3 Å². The zero-order valence-electron chi connectivity index (χ0n) is 12.8. The number of halogens is 1. The minimum atomic E-state index is -3.79. The topological polar surface area (TPSA) is 96.4 Å². The second kappa shape index (κ2) is 6.23. The molecule has 1 aliphatic rings. The van der Waals surface area contributed by atoms with Crippen molar-refractivity contribution in [2.75, 3.05) is 19.3 Å². The van der Waals surface area contributed by atoms with Gasteiger partial charge < -0.3 is 0 Å². The van der Waals surface area contributed by atoms with E-state index in [1.54, 1.807) is 18.3 Å². The molecule has 10 heteroatoms. The molecule has 0 amide bonds. The summed E-state index contributed by atoms with van der Waals surface area (Å²) in [4.78, 5) is 4.07. The van der Waals surface area contributed by atoms with Crippen LogP contribution in [-0.4, -0.2) is 51.5 Å². The maximum atomic E-state index is 13.0. The van der Waals surface area contributed by atoms with Gasteiger partial charge in [-0.2, -0.15) is 4.31 Å². The van der Waals surface area contributed by atoms with Gasteiger partial charge in [-0.25, -0.2) is 21.6 Å². The van der Waals surface area contributed by atoms with Crippen LogP contribution in [0.5, 0.6) is 0 Å². The molecule has 1 fully saturated rings. The summed E-state index contributed by atoms with van der Waals surface area (Å²) in [6.45, 7) is 0.336. The molecule has 1 N–H and O–H groups in total. The smallest absolute Gasteiger partial charge is 0.243 e. The molecule has 130 valence electrons. The molecule has 24 heavy (non-hydrogen) atoms. The van der Waals surface area contributed by atoms with Crippen LogP contribution in [0.2, 0.25) is 5.02 Å². The first kappa shape index (κ1) is 17.6. The molecule has 1 saturated heterocycles. The summed E-state index contributed by atoms with van der Waals surface area (Å²) in [5.41, 5.74) is 0. The lowest BCUT2D eigenvalue weighted by molar-refractivity contribution is 0.468. The Balaban J connectivity index is 1.98. The zero-order valence-corrected chi connectivity index (χ0v) is 15.2. The number of nitrogens with zero attached hydrogens (tertiary/aromatic N) is 2. The summed E-state index contributed by atoms with van der Waals surface area (Å²) >= 11 is 6.15. The minimum absolute atomic E-state index is 0.0918. The first-order valence-electron chi connectivity index (χ1n) is 7.18. The number of nitrogens with one attached hydrogen (secondary N) is 1. The molecule has 2 heterocycles. The molecule has 0 unspecified atom stereocenters. The fraction of sp³-hybridized carbons (Fsp3) is 0.357. The first-order chi connectivity index (χ1) is 11.2. The SMILES string of the molecule is CS(=O)(=O)N[C@@H]1CCN(S(=O)(=O)c2cccc3cncc(Cl)c23)C1. The number of fused-ring (bicyclic) bond motifs is 1.